The minimum atomic E-state index is 0.464. The van der Waals surface area contributed by atoms with E-state index < -0.39 is 0 Å². The topological polar surface area (TPSA) is 65.4 Å². The fourth-order valence-electron chi connectivity index (χ4n) is 2.66. The predicted octanol–water partition coefficient (Wildman–Crippen LogP) is 5.47. The average Bonchev–Trinajstić information content (AvgIpc) is 3.05. The van der Waals surface area contributed by atoms with E-state index in [-0.39, 0.29) is 0 Å². The van der Waals surface area contributed by atoms with Crippen molar-refractivity contribution in [2.24, 2.45) is 0 Å². The van der Waals surface area contributed by atoms with Gasteiger partial charge < -0.3 is 4.98 Å². The van der Waals surface area contributed by atoms with Crippen molar-refractivity contribution in [1.82, 2.24) is 15.0 Å². The molecule has 4 nitrogen and oxygen atoms in total. The summed E-state index contributed by atoms with van der Waals surface area (Å²) in [5, 5.41) is 9.89. The second kappa shape index (κ2) is 6.21. The summed E-state index contributed by atoms with van der Waals surface area (Å²) >= 11 is 12.2. The van der Waals surface area contributed by atoms with Gasteiger partial charge in [0, 0.05) is 17.3 Å². The number of hydrogen-bond donors (Lipinski definition) is 1. The minimum Gasteiger partial charge on any atom is -0.338 e. The number of hydrogen-bond acceptors (Lipinski definition) is 3. The minimum absolute atomic E-state index is 0.464. The molecule has 0 aliphatic rings. The van der Waals surface area contributed by atoms with Crippen molar-refractivity contribution in [2.75, 3.05) is 0 Å². The van der Waals surface area contributed by atoms with Crippen molar-refractivity contribution >= 4 is 34.2 Å². The summed E-state index contributed by atoms with van der Waals surface area (Å²) in [5.74, 6) is 0.681. The molecule has 0 saturated heterocycles. The van der Waals surface area contributed by atoms with E-state index in [0.29, 0.717) is 21.4 Å². The predicted molar refractivity (Wildman–Crippen MR) is 99.5 cm³/mol. The van der Waals surface area contributed by atoms with Gasteiger partial charge in [0.05, 0.1) is 38.4 Å². The fraction of sp³-hybridized carbons (Fsp3) is 0. The van der Waals surface area contributed by atoms with Gasteiger partial charge in [0.1, 0.15) is 5.82 Å². The maximum absolute atomic E-state index is 8.95. The van der Waals surface area contributed by atoms with Gasteiger partial charge in [0.2, 0.25) is 0 Å². The molecule has 2 aromatic carbocycles. The van der Waals surface area contributed by atoms with Gasteiger partial charge in [0.15, 0.2) is 0 Å². The molecule has 2 heterocycles. The zero-order valence-electron chi connectivity index (χ0n) is 12.8. The Morgan fingerprint density at radius 2 is 1.76 bits per heavy atom. The molecule has 0 amide bonds. The molecule has 0 aliphatic carbocycles. The number of halogens is 2. The standard InChI is InChI=1S/C19H10Cl2N4/c20-14-8-16-17(9-15(14)21)25-19(24-16)13-2-1-7-23-18(13)12-5-3-11(10-22)4-6-12/h1-9H,(H,24,25). The molecule has 0 radical (unpaired) electrons. The van der Waals surface area contributed by atoms with E-state index in [2.05, 4.69) is 21.0 Å². The molecule has 6 heteroatoms. The number of rotatable bonds is 2. The molecular weight excluding hydrogens is 355 g/mol. The van der Waals surface area contributed by atoms with Crippen LogP contribution in [-0.4, -0.2) is 15.0 Å². The molecule has 4 aromatic rings. The summed E-state index contributed by atoms with van der Waals surface area (Å²) in [6.07, 6.45) is 1.73. The smallest absolute Gasteiger partial charge is 0.140 e. The molecule has 2 aromatic heterocycles. The van der Waals surface area contributed by atoms with E-state index in [1.54, 1.807) is 30.5 Å². The van der Waals surface area contributed by atoms with Gasteiger partial charge in [-0.1, -0.05) is 35.3 Å². The van der Waals surface area contributed by atoms with Crippen molar-refractivity contribution in [3.05, 3.63) is 70.3 Å². The monoisotopic (exact) mass is 364 g/mol. The number of imidazole rings is 1. The van der Waals surface area contributed by atoms with Crippen LogP contribution in [0.2, 0.25) is 10.0 Å². The first-order chi connectivity index (χ1) is 12.2. The van der Waals surface area contributed by atoms with Gasteiger partial charge >= 0.3 is 0 Å². The second-order valence-electron chi connectivity index (χ2n) is 5.46. The highest BCUT2D eigenvalue weighted by Gasteiger charge is 2.13. The van der Waals surface area contributed by atoms with Crippen molar-refractivity contribution in [3.8, 4) is 28.7 Å². The highest BCUT2D eigenvalue weighted by molar-refractivity contribution is 6.42. The third kappa shape index (κ3) is 2.85. The SMILES string of the molecule is N#Cc1ccc(-c2ncccc2-c2nc3cc(Cl)c(Cl)cc3[nH]2)cc1. The highest BCUT2D eigenvalue weighted by Crippen LogP contribution is 2.32. The second-order valence-corrected chi connectivity index (χ2v) is 6.27. The Kier molecular flexibility index (Phi) is 3.89. The van der Waals surface area contributed by atoms with E-state index in [0.717, 1.165) is 27.9 Å². The first-order valence-electron chi connectivity index (χ1n) is 7.46. The lowest BCUT2D eigenvalue weighted by atomic mass is 10.0. The summed E-state index contributed by atoms with van der Waals surface area (Å²) in [7, 11) is 0. The van der Waals surface area contributed by atoms with Crippen LogP contribution in [0.3, 0.4) is 0 Å². The molecule has 0 fully saturated rings. The van der Waals surface area contributed by atoms with Crippen LogP contribution in [0, 0.1) is 11.3 Å². The van der Waals surface area contributed by atoms with Crippen LogP contribution in [0.5, 0.6) is 0 Å². The molecule has 120 valence electrons. The summed E-state index contributed by atoms with van der Waals surface area (Å²) in [6, 6.07) is 16.7. The van der Waals surface area contributed by atoms with Gasteiger partial charge in [-0.3, -0.25) is 4.98 Å². The summed E-state index contributed by atoms with van der Waals surface area (Å²) in [4.78, 5) is 12.4. The Balaban J connectivity index is 1.87. The lowest BCUT2D eigenvalue weighted by Gasteiger charge is -2.06. The van der Waals surface area contributed by atoms with Crippen LogP contribution in [0.25, 0.3) is 33.7 Å². The van der Waals surface area contributed by atoms with Crippen molar-refractivity contribution in [3.63, 3.8) is 0 Å². The third-order valence-corrected chi connectivity index (χ3v) is 4.60. The number of nitrogens with zero attached hydrogens (tertiary/aromatic N) is 3. The van der Waals surface area contributed by atoms with Crippen LogP contribution in [0.1, 0.15) is 5.56 Å². The summed E-state index contributed by atoms with van der Waals surface area (Å²) in [6.45, 7) is 0. The molecule has 0 atom stereocenters. The number of benzene rings is 2. The number of aromatic amines is 1. The Bertz CT molecular complexity index is 1090. The number of pyridine rings is 1. The van der Waals surface area contributed by atoms with Crippen LogP contribution >= 0.6 is 23.2 Å². The normalized spacial score (nSPS) is 10.8. The van der Waals surface area contributed by atoms with Gasteiger partial charge in [-0.05, 0) is 36.4 Å². The number of nitrogens with one attached hydrogen (secondary N) is 1. The zero-order chi connectivity index (χ0) is 17.4. The van der Waals surface area contributed by atoms with Crippen molar-refractivity contribution in [2.45, 2.75) is 0 Å². The quantitative estimate of drug-likeness (QED) is 0.512. The van der Waals surface area contributed by atoms with Crippen LogP contribution in [0.15, 0.2) is 54.7 Å². The average molecular weight is 365 g/mol. The molecule has 4 rings (SSSR count). The van der Waals surface area contributed by atoms with E-state index in [4.69, 9.17) is 28.5 Å². The molecule has 0 spiro atoms. The molecule has 0 saturated carbocycles. The number of H-pyrrole nitrogens is 1. The Hall–Kier alpha value is -2.87. The maximum atomic E-state index is 8.95. The Labute approximate surface area is 153 Å². The van der Waals surface area contributed by atoms with Crippen LogP contribution in [-0.2, 0) is 0 Å². The summed E-state index contributed by atoms with van der Waals surface area (Å²) < 4.78 is 0. The number of aromatic nitrogens is 3. The Morgan fingerprint density at radius 3 is 2.52 bits per heavy atom. The van der Waals surface area contributed by atoms with E-state index in [9.17, 15) is 0 Å². The fourth-order valence-corrected chi connectivity index (χ4v) is 2.98. The first-order valence-corrected chi connectivity index (χ1v) is 8.22. The van der Waals surface area contributed by atoms with E-state index in [1.807, 2.05) is 24.3 Å². The maximum Gasteiger partial charge on any atom is 0.140 e. The molecule has 0 unspecified atom stereocenters. The van der Waals surface area contributed by atoms with Crippen LogP contribution in [0.4, 0.5) is 0 Å². The van der Waals surface area contributed by atoms with Crippen molar-refractivity contribution in [1.29, 1.82) is 5.26 Å². The molecule has 1 N–H and O–H groups in total. The Morgan fingerprint density at radius 1 is 1.00 bits per heavy atom. The lowest BCUT2D eigenvalue weighted by molar-refractivity contribution is 1.27. The van der Waals surface area contributed by atoms with Gasteiger partial charge in [0.25, 0.3) is 0 Å². The van der Waals surface area contributed by atoms with Gasteiger partial charge in [-0.2, -0.15) is 5.26 Å². The molecule has 25 heavy (non-hydrogen) atoms. The molecule has 0 bridgehead atoms. The zero-order valence-corrected chi connectivity index (χ0v) is 14.3. The first kappa shape index (κ1) is 15.6. The van der Waals surface area contributed by atoms with E-state index >= 15 is 0 Å². The lowest BCUT2D eigenvalue weighted by Crippen LogP contribution is -1.90. The largest absolute Gasteiger partial charge is 0.338 e. The van der Waals surface area contributed by atoms with Crippen LogP contribution < -0.4 is 0 Å². The summed E-state index contributed by atoms with van der Waals surface area (Å²) in [5.41, 5.74) is 4.69. The third-order valence-electron chi connectivity index (χ3n) is 3.87. The highest BCUT2D eigenvalue weighted by atomic mass is 35.5. The number of fused-ring (bicyclic) bond motifs is 1. The molecule has 0 aliphatic heterocycles. The van der Waals surface area contributed by atoms with Crippen molar-refractivity contribution < 1.29 is 0 Å². The van der Waals surface area contributed by atoms with Gasteiger partial charge in [-0.25, -0.2) is 4.98 Å². The van der Waals surface area contributed by atoms with Gasteiger partial charge in [-0.15, -0.1) is 0 Å². The molecular formula is C19H10Cl2N4. The number of nitriles is 1. The van der Waals surface area contributed by atoms with E-state index in [1.165, 1.54) is 0 Å².